The minimum Gasteiger partial charge on any atom is -0.492 e. The van der Waals surface area contributed by atoms with Crippen molar-refractivity contribution in [1.29, 1.82) is 0 Å². The maximum absolute atomic E-state index is 12.7. The van der Waals surface area contributed by atoms with Crippen LogP contribution in [0.15, 0.2) is 24.3 Å². The Morgan fingerprint density at radius 2 is 2.14 bits per heavy atom. The molecule has 1 aliphatic rings. The van der Waals surface area contributed by atoms with Gasteiger partial charge in [0.1, 0.15) is 18.2 Å². The highest BCUT2D eigenvalue weighted by Crippen LogP contribution is 2.32. The molecule has 4 heteroatoms. The zero-order valence-corrected chi connectivity index (χ0v) is 8.52. The van der Waals surface area contributed by atoms with E-state index in [1.54, 1.807) is 12.1 Å². The third kappa shape index (κ3) is 2.86. The second-order valence-electron chi connectivity index (χ2n) is 3.61. The number of hydrogen-bond acceptors (Lipinski definition) is 2. The maximum atomic E-state index is 12.7. The molecule has 0 aliphatic heterocycles. The number of rotatable bonds is 3. The summed E-state index contributed by atoms with van der Waals surface area (Å²) in [4.78, 5) is 0. The van der Waals surface area contributed by atoms with Gasteiger partial charge in [-0.1, -0.05) is 6.07 Å². The molecule has 2 nitrogen and oxygen atoms in total. The molecule has 0 saturated heterocycles. The lowest BCUT2D eigenvalue weighted by Gasteiger charge is -2.10. The third-order valence-corrected chi connectivity index (χ3v) is 2.21. The van der Waals surface area contributed by atoms with Crippen LogP contribution in [0.2, 0.25) is 0 Å². The van der Waals surface area contributed by atoms with Crippen LogP contribution in [0.4, 0.5) is 4.39 Å². The fourth-order valence-electron chi connectivity index (χ4n) is 1.09. The van der Waals surface area contributed by atoms with Crippen LogP contribution in [0.3, 0.4) is 0 Å². The highest BCUT2D eigenvalue weighted by Gasteiger charge is 2.39. The molecule has 0 unspecified atom stereocenters. The van der Waals surface area contributed by atoms with E-state index in [1.807, 2.05) is 0 Å². The molecule has 2 N–H and O–H groups in total. The minimum atomic E-state index is -0.278. The van der Waals surface area contributed by atoms with Crippen molar-refractivity contribution in [1.82, 2.24) is 0 Å². The molecule has 1 aromatic carbocycles. The van der Waals surface area contributed by atoms with E-state index in [4.69, 9.17) is 10.5 Å². The Hall–Kier alpha value is -0.800. The normalized spacial score (nSPS) is 17.0. The van der Waals surface area contributed by atoms with Gasteiger partial charge in [-0.2, -0.15) is 0 Å². The lowest BCUT2D eigenvalue weighted by Crippen LogP contribution is -2.29. The molecule has 0 radical (unpaired) electrons. The van der Waals surface area contributed by atoms with Crippen LogP contribution in [-0.2, 0) is 0 Å². The SMILES string of the molecule is Cl.NC1(COc2cccc(F)c2)CC1. The Balaban J connectivity index is 0.000000980. The molecule has 78 valence electrons. The molecule has 0 atom stereocenters. The monoisotopic (exact) mass is 217 g/mol. The number of halogens is 2. The first-order chi connectivity index (χ1) is 6.18. The van der Waals surface area contributed by atoms with Crippen LogP contribution < -0.4 is 10.5 Å². The molecule has 1 aliphatic carbocycles. The minimum absolute atomic E-state index is 0. The summed E-state index contributed by atoms with van der Waals surface area (Å²) < 4.78 is 18.0. The van der Waals surface area contributed by atoms with Gasteiger partial charge >= 0.3 is 0 Å². The Labute approximate surface area is 88.7 Å². The average molecular weight is 218 g/mol. The van der Waals surface area contributed by atoms with Crippen molar-refractivity contribution < 1.29 is 9.13 Å². The summed E-state index contributed by atoms with van der Waals surface area (Å²) in [5.41, 5.74) is 5.67. The summed E-state index contributed by atoms with van der Waals surface area (Å²) >= 11 is 0. The summed E-state index contributed by atoms with van der Waals surface area (Å²) in [6.45, 7) is 0.483. The van der Waals surface area contributed by atoms with E-state index in [0.29, 0.717) is 12.4 Å². The predicted octanol–water partition coefficient (Wildman–Crippen LogP) is 2.12. The molecule has 0 heterocycles. The topological polar surface area (TPSA) is 35.2 Å². The van der Waals surface area contributed by atoms with Crippen molar-refractivity contribution in [3.63, 3.8) is 0 Å². The Morgan fingerprint density at radius 3 is 2.71 bits per heavy atom. The van der Waals surface area contributed by atoms with E-state index in [1.165, 1.54) is 12.1 Å². The fraction of sp³-hybridized carbons (Fsp3) is 0.400. The lowest BCUT2D eigenvalue weighted by atomic mass is 10.3. The highest BCUT2D eigenvalue weighted by atomic mass is 35.5. The highest BCUT2D eigenvalue weighted by molar-refractivity contribution is 5.85. The summed E-state index contributed by atoms with van der Waals surface area (Å²) in [5.74, 6) is 0.274. The summed E-state index contributed by atoms with van der Waals surface area (Å²) in [7, 11) is 0. The Kier molecular flexibility index (Phi) is 3.34. The first-order valence-electron chi connectivity index (χ1n) is 4.35. The maximum Gasteiger partial charge on any atom is 0.126 e. The molecule has 0 aromatic heterocycles. The van der Waals surface area contributed by atoms with Crippen molar-refractivity contribution in [2.75, 3.05) is 6.61 Å². The van der Waals surface area contributed by atoms with Crippen LogP contribution in [-0.4, -0.2) is 12.1 Å². The number of nitrogens with two attached hydrogens (primary N) is 1. The van der Waals surface area contributed by atoms with Crippen LogP contribution in [0.5, 0.6) is 5.75 Å². The summed E-state index contributed by atoms with van der Waals surface area (Å²) in [6.07, 6.45) is 2.00. The standard InChI is InChI=1S/C10H12FNO.ClH/c11-8-2-1-3-9(6-8)13-7-10(12)4-5-10;/h1-3,6H,4-5,7,12H2;1H. The Morgan fingerprint density at radius 1 is 1.43 bits per heavy atom. The Bertz CT molecular complexity index is 315. The van der Waals surface area contributed by atoms with Crippen molar-refractivity contribution in [2.45, 2.75) is 18.4 Å². The fourth-order valence-corrected chi connectivity index (χ4v) is 1.09. The molecular weight excluding hydrogens is 205 g/mol. The van der Waals surface area contributed by atoms with Gasteiger partial charge in [-0.3, -0.25) is 0 Å². The molecule has 0 spiro atoms. The molecule has 0 amide bonds. The number of benzene rings is 1. The molecular formula is C10H13ClFNO. The van der Waals surface area contributed by atoms with E-state index in [9.17, 15) is 4.39 Å². The first-order valence-corrected chi connectivity index (χ1v) is 4.35. The zero-order valence-electron chi connectivity index (χ0n) is 7.70. The van der Waals surface area contributed by atoms with E-state index < -0.39 is 0 Å². The van der Waals surface area contributed by atoms with E-state index >= 15 is 0 Å². The molecule has 1 fully saturated rings. The van der Waals surface area contributed by atoms with Crippen molar-refractivity contribution in [2.24, 2.45) is 5.73 Å². The van der Waals surface area contributed by atoms with Crippen molar-refractivity contribution in [3.05, 3.63) is 30.1 Å². The van der Waals surface area contributed by atoms with Gasteiger partial charge in [0, 0.05) is 6.07 Å². The van der Waals surface area contributed by atoms with Crippen molar-refractivity contribution >= 4 is 12.4 Å². The van der Waals surface area contributed by atoms with Crippen LogP contribution >= 0.6 is 12.4 Å². The molecule has 2 rings (SSSR count). The second kappa shape index (κ2) is 4.15. The quantitative estimate of drug-likeness (QED) is 0.842. The summed E-state index contributed by atoms with van der Waals surface area (Å²) in [6, 6.07) is 6.11. The predicted molar refractivity (Wildman–Crippen MR) is 55.3 cm³/mol. The molecule has 14 heavy (non-hydrogen) atoms. The summed E-state index contributed by atoms with van der Waals surface area (Å²) in [5, 5.41) is 0. The van der Waals surface area contributed by atoms with Gasteiger partial charge < -0.3 is 10.5 Å². The first kappa shape index (κ1) is 11.3. The van der Waals surface area contributed by atoms with Crippen molar-refractivity contribution in [3.8, 4) is 5.75 Å². The van der Waals surface area contributed by atoms with Crippen LogP contribution in [0.1, 0.15) is 12.8 Å². The number of hydrogen-bond donors (Lipinski definition) is 1. The largest absolute Gasteiger partial charge is 0.492 e. The van der Waals surface area contributed by atoms with Gasteiger partial charge in [0.25, 0.3) is 0 Å². The van der Waals surface area contributed by atoms with Gasteiger partial charge in [-0.15, -0.1) is 12.4 Å². The van der Waals surface area contributed by atoms with E-state index in [0.717, 1.165) is 12.8 Å². The zero-order chi connectivity index (χ0) is 9.31. The van der Waals surface area contributed by atoms with Crippen LogP contribution in [0, 0.1) is 5.82 Å². The van der Waals surface area contributed by atoms with Gasteiger partial charge in [-0.05, 0) is 25.0 Å². The van der Waals surface area contributed by atoms with Gasteiger partial charge in [-0.25, -0.2) is 4.39 Å². The lowest BCUT2D eigenvalue weighted by molar-refractivity contribution is 0.278. The second-order valence-corrected chi connectivity index (χ2v) is 3.61. The third-order valence-electron chi connectivity index (χ3n) is 2.21. The smallest absolute Gasteiger partial charge is 0.126 e. The van der Waals surface area contributed by atoms with Gasteiger partial charge in [0.05, 0.1) is 5.54 Å². The van der Waals surface area contributed by atoms with Gasteiger partial charge in [0.15, 0.2) is 0 Å². The van der Waals surface area contributed by atoms with Gasteiger partial charge in [0.2, 0.25) is 0 Å². The number of ether oxygens (including phenoxy) is 1. The van der Waals surface area contributed by atoms with Crippen LogP contribution in [0.25, 0.3) is 0 Å². The van der Waals surface area contributed by atoms with E-state index in [-0.39, 0.29) is 23.8 Å². The molecule has 1 aromatic rings. The molecule has 0 bridgehead atoms. The van der Waals surface area contributed by atoms with E-state index in [2.05, 4.69) is 0 Å². The average Bonchev–Trinajstić information content (AvgIpc) is 2.82. The molecule has 1 saturated carbocycles.